The average Bonchev–Trinajstić information content (AvgIpc) is 3.30. The summed E-state index contributed by atoms with van der Waals surface area (Å²) in [5.74, 6) is 0.622. The van der Waals surface area contributed by atoms with Gasteiger partial charge in [-0.05, 0) is 67.9 Å². The molecule has 0 aliphatic rings. The van der Waals surface area contributed by atoms with Gasteiger partial charge < -0.3 is 13.9 Å². The quantitative estimate of drug-likeness (QED) is 0.204. The van der Waals surface area contributed by atoms with Crippen LogP contribution in [0.2, 0.25) is 5.02 Å². The Morgan fingerprint density at radius 2 is 1.95 bits per heavy atom. The van der Waals surface area contributed by atoms with E-state index in [2.05, 4.69) is 10.1 Å². The van der Waals surface area contributed by atoms with E-state index < -0.39 is 5.97 Å². The van der Waals surface area contributed by atoms with Gasteiger partial charge in [-0.2, -0.15) is 9.78 Å². The Labute approximate surface area is 216 Å². The molecule has 0 spiro atoms. The number of rotatable bonds is 7. The molecule has 2 aromatic heterocycles. The van der Waals surface area contributed by atoms with E-state index in [1.165, 1.54) is 10.9 Å². The first-order valence-electron chi connectivity index (χ1n) is 11.6. The van der Waals surface area contributed by atoms with E-state index in [4.69, 9.17) is 25.5 Å². The fourth-order valence-electron chi connectivity index (χ4n) is 3.76. The fourth-order valence-corrected chi connectivity index (χ4v) is 3.94. The highest BCUT2D eigenvalue weighted by Crippen LogP contribution is 2.29. The molecule has 186 valence electrons. The molecule has 2 heterocycles. The summed E-state index contributed by atoms with van der Waals surface area (Å²) in [7, 11) is 0. The van der Waals surface area contributed by atoms with Crippen LogP contribution in [0.25, 0.3) is 33.5 Å². The van der Waals surface area contributed by atoms with Crippen LogP contribution in [0, 0.1) is 0 Å². The maximum Gasteiger partial charge on any atom is 0.344 e. The number of para-hydroxylation sites is 1. The number of halogens is 1. The minimum atomic E-state index is -0.459. The van der Waals surface area contributed by atoms with E-state index in [-0.39, 0.29) is 24.1 Å². The zero-order chi connectivity index (χ0) is 25.9. The first kappa shape index (κ1) is 24.3. The number of aromatic nitrogens is 2. The Morgan fingerprint density at radius 1 is 1.11 bits per heavy atom. The van der Waals surface area contributed by atoms with E-state index in [0.29, 0.717) is 38.6 Å². The third-order valence-electron chi connectivity index (χ3n) is 5.36. The van der Waals surface area contributed by atoms with Crippen LogP contribution in [0.4, 0.5) is 0 Å². The molecule has 0 fully saturated rings. The van der Waals surface area contributed by atoms with Crippen LogP contribution in [0.3, 0.4) is 0 Å². The number of nitrogens with zero attached hydrogens (tertiary/aromatic N) is 3. The molecule has 0 saturated heterocycles. The Bertz CT molecular complexity index is 1700. The molecule has 0 aliphatic carbocycles. The van der Waals surface area contributed by atoms with Gasteiger partial charge in [0.1, 0.15) is 11.3 Å². The van der Waals surface area contributed by atoms with Gasteiger partial charge in [0.15, 0.2) is 12.4 Å². The molecule has 5 rings (SSSR count). The Kier molecular flexibility index (Phi) is 6.74. The van der Waals surface area contributed by atoms with Crippen molar-refractivity contribution < 1.29 is 18.7 Å². The van der Waals surface area contributed by atoms with Crippen molar-refractivity contribution in [2.45, 2.75) is 20.0 Å². The third kappa shape index (κ3) is 5.39. The number of fused-ring (bicyclic) bond motifs is 2. The standard InChI is InChI=1S/C28H22ClN3O5/c1-17(2)36-26(33)16-35-21-7-5-6-18(12-21)15-30-32-27(31-23-9-4-3-8-22(23)28(32)34)25-14-19-13-20(29)10-11-24(19)37-25/h3-15,17H,16H2,1-2H3. The highest BCUT2D eigenvalue weighted by Gasteiger charge is 2.16. The van der Waals surface area contributed by atoms with Gasteiger partial charge in [-0.1, -0.05) is 35.9 Å². The van der Waals surface area contributed by atoms with E-state index in [1.54, 1.807) is 80.6 Å². The lowest BCUT2D eigenvalue weighted by molar-refractivity contribution is -0.149. The molecule has 0 amide bonds. The highest BCUT2D eigenvalue weighted by atomic mass is 35.5. The molecule has 0 aliphatic heterocycles. The second-order valence-electron chi connectivity index (χ2n) is 8.51. The maximum absolute atomic E-state index is 13.4. The van der Waals surface area contributed by atoms with Gasteiger partial charge in [0.2, 0.25) is 5.82 Å². The number of ether oxygens (including phenoxy) is 2. The van der Waals surface area contributed by atoms with Crippen molar-refractivity contribution in [1.29, 1.82) is 0 Å². The molecule has 0 bridgehead atoms. The summed E-state index contributed by atoms with van der Waals surface area (Å²) in [6, 6.07) is 21.1. The largest absolute Gasteiger partial charge is 0.482 e. The van der Waals surface area contributed by atoms with Gasteiger partial charge in [-0.15, -0.1) is 0 Å². The third-order valence-corrected chi connectivity index (χ3v) is 5.59. The van der Waals surface area contributed by atoms with Gasteiger partial charge in [0.05, 0.1) is 23.2 Å². The summed E-state index contributed by atoms with van der Waals surface area (Å²) in [6.45, 7) is 3.33. The molecule has 5 aromatic rings. The van der Waals surface area contributed by atoms with Crippen LogP contribution in [-0.4, -0.2) is 34.6 Å². The van der Waals surface area contributed by atoms with Gasteiger partial charge in [-0.3, -0.25) is 4.79 Å². The van der Waals surface area contributed by atoms with E-state index in [9.17, 15) is 9.59 Å². The topological polar surface area (TPSA) is 95.9 Å². The Morgan fingerprint density at radius 3 is 2.78 bits per heavy atom. The molecule has 3 aromatic carbocycles. The second kappa shape index (κ2) is 10.3. The lowest BCUT2D eigenvalue weighted by atomic mass is 10.2. The molecule has 0 atom stereocenters. The number of esters is 1. The van der Waals surface area contributed by atoms with Crippen LogP contribution in [0.5, 0.6) is 5.75 Å². The van der Waals surface area contributed by atoms with Crippen molar-refractivity contribution in [2.75, 3.05) is 6.61 Å². The minimum absolute atomic E-state index is 0.215. The van der Waals surface area contributed by atoms with Crippen LogP contribution in [0.15, 0.2) is 87.1 Å². The molecule has 0 N–H and O–H groups in total. The van der Waals surface area contributed by atoms with Crippen LogP contribution in [-0.2, 0) is 9.53 Å². The van der Waals surface area contributed by atoms with Crippen LogP contribution < -0.4 is 10.3 Å². The smallest absolute Gasteiger partial charge is 0.344 e. The summed E-state index contributed by atoms with van der Waals surface area (Å²) in [4.78, 5) is 29.9. The lowest BCUT2D eigenvalue weighted by Gasteiger charge is -2.09. The van der Waals surface area contributed by atoms with E-state index in [0.717, 1.165) is 5.39 Å². The van der Waals surface area contributed by atoms with Gasteiger partial charge >= 0.3 is 5.97 Å². The van der Waals surface area contributed by atoms with E-state index in [1.807, 2.05) is 6.07 Å². The van der Waals surface area contributed by atoms with Crippen molar-refractivity contribution >= 4 is 45.7 Å². The number of hydrogen-bond acceptors (Lipinski definition) is 7. The fraction of sp³-hybridized carbons (Fsp3) is 0.143. The second-order valence-corrected chi connectivity index (χ2v) is 8.94. The molecule has 8 nitrogen and oxygen atoms in total. The summed E-state index contributed by atoms with van der Waals surface area (Å²) in [6.07, 6.45) is 1.29. The predicted molar refractivity (Wildman–Crippen MR) is 142 cm³/mol. The van der Waals surface area contributed by atoms with Gasteiger partial charge in [-0.25, -0.2) is 9.78 Å². The molecule has 0 saturated carbocycles. The number of benzene rings is 3. The van der Waals surface area contributed by atoms with Crippen LogP contribution >= 0.6 is 11.6 Å². The molecule has 9 heteroatoms. The summed E-state index contributed by atoms with van der Waals surface area (Å²) < 4.78 is 17.8. The monoisotopic (exact) mass is 515 g/mol. The highest BCUT2D eigenvalue weighted by molar-refractivity contribution is 6.31. The molecular weight excluding hydrogens is 494 g/mol. The Balaban J connectivity index is 1.52. The van der Waals surface area contributed by atoms with Crippen LogP contribution in [0.1, 0.15) is 19.4 Å². The number of hydrogen-bond donors (Lipinski definition) is 0. The van der Waals surface area contributed by atoms with Crippen molar-refractivity contribution in [3.63, 3.8) is 0 Å². The first-order valence-corrected chi connectivity index (χ1v) is 11.9. The molecule has 0 radical (unpaired) electrons. The normalized spacial score (nSPS) is 11.6. The van der Waals surface area contributed by atoms with Gasteiger partial charge in [0.25, 0.3) is 5.56 Å². The number of carbonyl (C=O) groups is 1. The zero-order valence-electron chi connectivity index (χ0n) is 20.1. The average molecular weight is 516 g/mol. The lowest BCUT2D eigenvalue weighted by Crippen LogP contribution is -2.20. The zero-order valence-corrected chi connectivity index (χ0v) is 20.8. The SMILES string of the molecule is CC(C)OC(=O)COc1cccc(C=Nn2c(-c3cc4cc(Cl)ccc4o3)nc3ccccc3c2=O)c1. The predicted octanol–water partition coefficient (Wildman–Crippen LogP) is 5.68. The minimum Gasteiger partial charge on any atom is -0.482 e. The summed E-state index contributed by atoms with van der Waals surface area (Å²) >= 11 is 6.13. The van der Waals surface area contributed by atoms with Crippen molar-refractivity contribution in [3.8, 4) is 17.3 Å². The van der Waals surface area contributed by atoms with E-state index >= 15 is 0 Å². The summed E-state index contributed by atoms with van der Waals surface area (Å²) in [5, 5.41) is 6.22. The van der Waals surface area contributed by atoms with Crippen molar-refractivity contribution in [2.24, 2.45) is 5.10 Å². The maximum atomic E-state index is 13.4. The molecule has 37 heavy (non-hydrogen) atoms. The number of furan rings is 1. The molecule has 0 unspecified atom stereocenters. The summed E-state index contributed by atoms with van der Waals surface area (Å²) in [5.41, 5.74) is 1.44. The number of carbonyl (C=O) groups excluding carboxylic acids is 1. The molecular formula is C28H22ClN3O5. The first-order chi connectivity index (χ1) is 17.9. The van der Waals surface area contributed by atoms with Gasteiger partial charge in [0, 0.05) is 10.4 Å². The Hall–Kier alpha value is -4.43. The van der Waals surface area contributed by atoms with Crippen molar-refractivity contribution in [1.82, 2.24) is 9.66 Å². The van der Waals surface area contributed by atoms with Crippen molar-refractivity contribution in [3.05, 3.63) is 93.7 Å².